The zero-order chi connectivity index (χ0) is 19.5. The first-order valence-electron chi connectivity index (χ1n) is 8.59. The quantitative estimate of drug-likeness (QED) is 0.695. The molecule has 0 spiro atoms. The molecule has 0 amide bonds. The van der Waals surface area contributed by atoms with Crippen LogP contribution in [0.15, 0.2) is 53.4 Å². The van der Waals surface area contributed by atoms with E-state index in [1.807, 2.05) is 24.3 Å². The molecule has 2 aromatic carbocycles. The number of ether oxygens (including phenoxy) is 1. The molecule has 0 bridgehead atoms. The van der Waals surface area contributed by atoms with Gasteiger partial charge in [-0.15, -0.1) is 0 Å². The first-order valence-corrected chi connectivity index (χ1v) is 10.1. The number of carbonyl (C=O) groups is 1. The van der Waals surface area contributed by atoms with Crippen molar-refractivity contribution in [3.8, 4) is 16.9 Å². The third-order valence-electron chi connectivity index (χ3n) is 4.78. The largest absolute Gasteiger partial charge is 0.497 e. The van der Waals surface area contributed by atoms with E-state index >= 15 is 0 Å². The number of aliphatic carboxylic acids is 1. The summed E-state index contributed by atoms with van der Waals surface area (Å²) < 4.78 is 33.0. The highest BCUT2D eigenvalue weighted by Crippen LogP contribution is 2.26. The summed E-state index contributed by atoms with van der Waals surface area (Å²) >= 11 is 0. The molecule has 7 nitrogen and oxygen atoms in total. The Balaban J connectivity index is 1.83. The van der Waals surface area contributed by atoms with Crippen LogP contribution in [0.3, 0.4) is 0 Å². The zero-order valence-electron chi connectivity index (χ0n) is 14.9. The van der Waals surface area contributed by atoms with Crippen LogP contribution in [0.2, 0.25) is 0 Å². The van der Waals surface area contributed by atoms with Gasteiger partial charge in [-0.2, -0.15) is 4.72 Å². The molecule has 0 radical (unpaired) electrons. The predicted molar refractivity (Wildman–Crippen MR) is 101 cm³/mol. The van der Waals surface area contributed by atoms with Crippen molar-refractivity contribution in [1.82, 2.24) is 10.0 Å². The van der Waals surface area contributed by atoms with Gasteiger partial charge in [0.15, 0.2) is 0 Å². The summed E-state index contributed by atoms with van der Waals surface area (Å²) in [5.74, 6) is -0.412. The second-order valence-electron chi connectivity index (χ2n) is 6.50. The summed E-state index contributed by atoms with van der Waals surface area (Å²) in [5.41, 5.74) is 0.304. The number of hydrogen-bond donors (Lipinski definition) is 3. The molecular formula is C19H22N2O5S. The van der Waals surface area contributed by atoms with Crippen LogP contribution in [0, 0.1) is 0 Å². The molecule has 1 aliphatic rings. The number of nitrogens with one attached hydrogen (secondary N) is 2. The van der Waals surface area contributed by atoms with Crippen LogP contribution in [0.1, 0.15) is 12.8 Å². The van der Waals surface area contributed by atoms with Crippen molar-refractivity contribution in [2.45, 2.75) is 23.3 Å². The predicted octanol–water partition coefficient (Wildman–Crippen LogP) is 1.85. The normalized spacial score (nSPS) is 16.6. The highest BCUT2D eigenvalue weighted by molar-refractivity contribution is 7.89. The van der Waals surface area contributed by atoms with Crippen LogP contribution in [0.5, 0.6) is 5.75 Å². The van der Waals surface area contributed by atoms with Crippen molar-refractivity contribution in [2.24, 2.45) is 0 Å². The lowest BCUT2D eigenvalue weighted by atomic mass is 9.90. The standard InChI is InChI=1S/C19H22N2O5S/c1-26-16-6-2-14(3-7-16)15-4-8-17(9-5-15)27(24,25)21-19(18(22)23)10-12-20-13-11-19/h2-9,20-21H,10-13H2,1H3,(H,22,23). The summed E-state index contributed by atoms with van der Waals surface area (Å²) in [6, 6.07) is 13.8. The van der Waals surface area contributed by atoms with Gasteiger partial charge in [-0.3, -0.25) is 4.79 Å². The molecule has 0 unspecified atom stereocenters. The van der Waals surface area contributed by atoms with Crippen molar-refractivity contribution >= 4 is 16.0 Å². The second-order valence-corrected chi connectivity index (χ2v) is 8.18. The van der Waals surface area contributed by atoms with E-state index in [0.29, 0.717) is 13.1 Å². The molecule has 144 valence electrons. The van der Waals surface area contributed by atoms with Gasteiger partial charge in [0.05, 0.1) is 12.0 Å². The highest BCUT2D eigenvalue weighted by Gasteiger charge is 2.43. The van der Waals surface area contributed by atoms with E-state index in [1.165, 1.54) is 12.1 Å². The molecule has 0 aromatic heterocycles. The second kappa shape index (κ2) is 7.67. The van der Waals surface area contributed by atoms with Crippen molar-refractivity contribution in [2.75, 3.05) is 20.2 Å². The molecule has 2 aromatic rings. The molecule has 3 rings (SSSR count). The molecule has 1 aliphatic heterocycles. The minimum Gasteiger partial charge on any atom is -0.497 e. The first-order chi connectivity index (χ1) is 12.9. The Kier molecular flexibility index (Phi) is 5.50. The smallest absolute Gasteiger partial charge is 0.324 e. The molecule has 0 atom stereocenters. The Morgan fingerprint density at radius 2 is 1.56 bits per heavy atom. The minimum absolute atomic E-state index is 0.0407. The summed E-state index contributed by atoms with van der Waals surface area (Å²) in [6.45, 7) is 0.899. The van der Waals surface area contributed by atoms with E-state index < -0.39 is 21.5 Å². The number of carboxylic acids is 1. The number of rotatable bonds is 6. The Hall–Kier alpha value is -2.42. The number of carboxylic acid groups (broad SMARTS) is 1. The Bertz CT molecular complexity index is 902. The van der Waals surface area contributed by atoms with Crippen LogP contribution in [-0.4, -0.2) is 45.2 Å². The van der Waals surface area contributed by atoms with Crippen molar-refractivity contribution in [3.63, 3.8) is 0 Å². The Morgan fingerprint density at radius 1 is 1.04 bits per heavy atom. The van der Waals surface area contributed by atoms with Crippen molar-refractivity contribution in [3.05, 3.63) is 48.5 Å². The van der Waals surface area contributed by atoms with Gasteiger partial charge in [-0.1, -0.05) is 24.3 Å². The van der Waals surface area contributed by atoms with Crippen LogP contribution in [0.25, 0.3) is 11.1 Å². The van der Waals surface area contributed by atoms with Gasteiger partial charge < -0.3 is 15.2 Å². The van der Waals surface area contributed by atoms with Gasteiger partial charge in [0.2, 0.25) is 10.0 Å². The van der Waals surface area contributed by atoms with E-state index in [9.17, 15) is 18.3 Å². The summed E-state index contributed by atoms with van der Waals surface area (Å²) in [7, 11) is -2.36. The lowest BCUT2D eigenvalue weighted by molar-refractivity contribution is -0.145. The summed E-state index contributed by atoms with van der Waals surface area (Å²) in [4.78, 5) is 11.8. The van der Waals surface area contributed by atoms with E-state index in [1.54, 1.807) is 19.2 Å². The molecule has 1 fully saturated rings. The fraction of sp³-hybridized carbons (Fsp3) is 0.316. The van der Waals surface area contributed by atoms with E-state index in [-0.39, 0.29) is 17.7 Å². The van der Waals surface area contributed by atoms with Gasteiger partial charge in [-0.05, 0) is 61.3 Å². The van der Waals surface area contributed by atoms with Gasteiger partial charge in [-0.25, -0.2) is 8.42 Å². The maximum atomic E-state index is 12.7. The Morgan fingerprint density at radius 3 is 2.04 bits per heavy atom. The lowest BCUT2D eigenvalue weighted by Crippen LogP contribution is -2.59. The summed E-state index contributed by atoms with van der Waals surface area (Å²) in [6.07, 6.45) is 0.400. The maximum Gasteiger partial charge on any atom is 0.324 e. The van der Waals surface area contributed by atoms with E-state index in [0.717, 1.165) is 16.9 Å². The van der Waals surface area contributed by atoms with Gasteiger partial charge >= 0.3 is 5.97 Å². The van der Waals surface area contributed by atoms with Gasteiger partial charge in [0.1, 0.15) is 11.3 Å². The number of benzene rings is 2. The number of piperidine rings is 1. The average molecular weight is 390 g/mol. The fourth-order valence-electron chi connectivity index (χ4n) is 3.14. The molecular weight excluding hydrogens is 368 g/mol. The van der Waals surface area contributed by atoms with Crippen LogP contribution < -0.4 is 14.8 Å². The molecule has 1 saturated heterocycles. The molecule has 0 aliphatic carbocycles. The van der Waals surface area contributed by atoms with Crippen LogP contribution in [-0.2, 0) is 14.8 Å². The molecule has 0 saturated carbocycles. The molecule has 1 heterocycles. The van der Waals surface area contributed by atoms with Gasteiger partial charge in [0, 0.05) is 0 Å². The number of methoxy groups -OCH3 is 1. The van der Waals surface area contributed by atoms with Crippen molar-refractivity contribution < 1.29 is 23.1 Å². The SMILES string of the molecule is COc1ccc(-c2ccc(S(=O)(=O)NC3(C(=O)O)CCNCC3)cc2)cc1. The number of sulfonamides is 1. The molecule has 8 heteroatoms. The average Bonchev–Trinajstić information content (AvgIpc) is 2.68. The zero-order valence-corrected chi connectivity index (χ0v) is 15.8. The van der Waals surface area contributed by atoms with E-state index in [4.69, 9.17) is 4.74 Å². The lowest BCUT2D eigenvalue weighted by Gasteiger charge is -2.34. The minimum atomic E-state index is -3.95. The summed E-state index contributed by atoms with van der Waals surface area (Å²) in [5, 5.41) is 12.6. The fourth-order valence-corrected chi connectivity index (χ4v) is 4.56. The monoisotopic (exact) mass is 390 g/mol. The molecule has 3 N–H and O–H groups in total. The first kappa shape index (κ1) is 19.3. The maximum absolute atomic E-state index is 12.7. The van der Waals surface area contributed by atoms with Crippen molar-refractivity contribution in [1.29, 1.82) is 0 Å². The third kappa shape index (κ3) is 4.13. The number of hydrogen-bond acceptors (Lipinski definition) is 5. The Labute approximate surface area is 158 Å². The van der Waals surface area contributed by atoms with Gasteiger partial charge in [0.25, 0.3) is 0 Å². The third-order valence-corrected chi connectivity index (χ3v) is 6.34. The topological polar surface area (TPSA) is 105 Å². The highest BCUT2D eigenvalue weighted by atomic mass is 32.2. The van der Waals surface area contributed by atoms with Crippen LogP contribution >= 0.6 is 0 Å². The van der Waals surface area contributed by atoms with E-state index in [2.05, 4.69) is 10.0 Å². The van der Waals surface area contributed by atoms with Crippen LogP contribution in [0.4, 0.5) is 0 Å². The molecule has 27 heavy (non-hydrogen) atoms.